The number of hydrogen-bond acceptors (Lipinski definition) is 5. The van der Waals surface area contributed by atoms with Gasteiger partial charge in [0.2, 0.25) is 0 Å². The van der Waals surface area contributed by atoms with Crippen molar-refractivity contribution in [1.82, 2.24) is 30.0 Å². The van der Waals surface area contributed by atoms with E-state index in [1.165, 1.54) is 0 Å². The van der Waals surface area contributed by atoms with Crippen LogP contribution in [0.3, 0.4) is 0 Å². The van der Waals surface area contributed by atoms with E-state index in [-0.39, 0.29) is 12.1 Å². The zero-order valence-electron chi connectivity index (χ0n) is 10.2. The van der Waals surface area contributed by atoms with E-state index >= 15 is 0 Å². The standard InChI is InChI=1S/C11H16N6O/c1-11(18)4-2-3-9(16-7-5-12-14-16)10(11)17-8-6-13-15-17/h5-10,18H,2-4H2,1H3. The SMILES string of the molecule is CC1(O)CCCC(n2ccnn2)C1n1ccnn1. The summed E-state index contributed by atoms with van der Waals surface area (Å²) in [5, 5.41) is 26.4. The minimum atomic E-state index is -0.817. The maximum atomic E-state index is 10.6. The second kappa shape index (κ2) is 4.16. The Balaban J connectivity index is 2.01. The lowest BCUT2D eigenvalue weighted by molar-refractivity contribution is -0.0551. The van der Waals surface area contributed by atoms with Gasteiger partial charge in [0.25, 0.3) is 0 Å². The van der Waals surface area contributed by atoms with Crippen molar-refractivity contribution in [2.45, 2.75) is 43.9 Å². The summed E-state index contributed by atoms with van der Waals surface area (Å²) in [5.74, 6) is 0. The molecule has 2 aromatic rings. The van der Waals surface area contributed by atoms with Crippen LogP contribution in [0, 0.1) is 0 Å². The van der Waals surface area contributed by atoms with Crippen LogP contribution >= 0.6 is 0 Å². The van der Waals surface area contributed by atoms with Crippen molar-refractivity contribution >= 4 is 0 Å². The summed E-state index contributed by atoms with van der Waals surface area (Å²) in [5.41, 5.74) is -0.817. The predicted molar refractivity (Wildman–Crippen MR) is 62.6 cm³/mol. The maximum absolute atomic E-state index is 10.6. The summed E-state index contributed by atoms with van der Waals surface area (Å²) in [6.45, 7) is 1.85. The molecule has 0 saturated heterocycles. The van der Waals surface area contributed by atoms with E-state index < -0.39 is 5.60 Å². The number of aromatic nitrogens is 6. The molecule has 1 N–H and O–H groups in total. The van der Waals surface area contributed by atoms with Crippen molar-refractivity contribution in [3.63, 3.8) is 0 Å². The third kappa shape index (κ3) is 1.80. The first-order valence-electron chi connectivity index (χ1n) is 6.12. The van der Waals surface area contributed by atoms with Crippen LogP contribution in [0.1, 0.15) is 38.3 Å². The normalized spacial score (nSPS) is 32.6. The van der Waals surface area contributed by atoms with Gasteiger partial charge >= 0.3 is 0 Å². The summed E-state index contributed by atoms with van der Waals surface area (Å²) in [4.78, 5) is 0. The molecule has 3 rings (SSSR count). The first-order valence-corrected chi connectivity index (χ1v) is 6.12. The van der Waals surface area contributed by atoms with Crippen LogP contribution in [0.2, 0.25) is 0 Å². The van der Waals surface area contributed by atoms with Crippen molar-refractivity contribution in [2.24, 2.45) is 0 Å². The third-order valence-corrected chi connectivity index (χ3v) is 3.69. The molecule has 1 aliphatic rings. The molecule has 1 saturated carbocycles. The highest BCUT2D eigenvalue weighted by Gasteiger charge is 2.44. The number of nitrogens with zero attached hydrogens (tertiary/aromatic N) is 6. The Morgan fingerprint density at radius 3 is 2.44 bits per heavy atom. The predicted octanol–water partition coefficient (Wildman–Crippen LogP) is 0.587. The molecule has 0 aromatic carbocycles. The third-order valence-electron chi connectivity index (χ3n) is 3.69. The fourth-order valence-corrected chi connectivity index (χ4v) is 2.89. The largest absolute Gasteiger partial charge is 0.388 e. The molecule has 3 atom stereocenters. The van der Waals surface area contributed by atoms with E-state index in [0.29, 0.717) is 0 Å². The minimum Gasteiger partial charge on any atom is -0.388 e. The van der Waals surface area contributed by atoms with Gasteiger partial charge in [-0.25, -0.2) is 9.36 Å². The molecule has 3 unspecified atom stereocenters. The van der Waals surface area contributed by atoms with Gasteiger partial charge in [0, 0.05) is 12.4 Å². The van der Waals surface area contributed by atoms with E-state index in [1.54, 1.807) is 28.0 Å². The number of aliphatic hydroxyl groups is 1. The summed E-state index contributed by atoms with van der Waals surface area (Å²) < 4.78 is 3.53. The molecule has 0 radical (unpaired) electrons. The molecule has 0 amide bonds. The molecule has 0 aliphatic heterocycles. The van der Waals surface area contributed by atoms with Crippen molar-refractivity contribution in [3.8, 4) is 0 Å². The van der Waals surface area contributed by atoms with Gasteiger partial charge in [-0.2, -0.15) is 0 Å². The fourth-order valence-electron chi connectivity index (χ4n) is 2.89. The van der Waals surface area contributed by atoms with Crippen LogP contribution in [0.5, 0.6) is 0 Å². The second-order valence-electron chi connectivity index (χ2n) is 5.03. The first-order chi connectivity index (χ1) is 8.68. The minimum absolute atomic E-state index is 0.0537. The van der Waals surface area contributed by atoms with E-state index in [0.717, 1.165) is 19.3 Å². The molecule has 7 nitrogen and oxygen atoms in total. The van der Waals surface area contributed by atoms with Gasteiger partial charge in [0.15, 0.2) is 0 Å². The zero-order valence-corrected chi connectivity index (χ0v) is 10.2. The van der Waals surface area contributed by atoms with E-state index in [4.69, 9.17) is 0 Å². The zero-order chi connectivity index (χ0) is 12.6. The van der Waals surface area contributed by atoms with Crippen LogP contribution in [0.15, 0.2) is 24.8 Å². The molecule has 96 valence electrons. The molecular formula is C11H16N6O. The monoisotopic (exact) mass is 248 g/mol. The average molecular weight is 248 g/mol. The average Bonchev–Trinajstić information content (AvgIpc) is 3.00. The van der Waals surface area contributed by atoms with Gasteiger partial charge in [-0.3, -0.25) is 0 Å². The van der Waals surface area contributed by atoms with E-state index in [1.807, 2.05) is 13.1 Å². The van der Waals surface area contributed by atoms with Gasteiger partial charge in [-0.05, 0) is 26.2 Å². The van der Waals surface area contributed by atoms with Gasteiger partial charge in [0.1, 0.15) is 6.04 Å². The Hall–Kier alpha value is -1.76. The fraction of sp³-hybridized carbons (Fsp3) is 0.636. The lowest BCUT2D eigenvalue weighted by atomic mass is 9.78. The second-order valence-corrected chi connectivity index (χ2v) is 5.03. The van der Waals surface area contributed by atoms with Crippen LogP contribution < -0.4 is 0 Å². The first kappa shape index (κ1) is 11.3. The molecule has 2 aromatic heterocycles. The molecule has 0 bridgehead atoms. The Morgan fingerprint density at radius 2 is 1.83 bits per heavy atom. The smallest absolute Gasteiger partial charge is 0.104 e. The molecule has 2 heterocycles. The molecule has 18 heavy (non-hydrogen) atoms. The lowest BCUT2D eigenvalue weighted by Crippen LogP contribution is -2.45. The van der Waals surface area contributed by atoms with Crippen molar-refractivity contribution in [3.05, 3.63) is 24.8 Å². The Labute approximate surface area is 104 Å². The highest BCUT2D eigenvalue weighted by Crippen LogP contribution is 2.43. The molecule has 7 heteroatoms. The van der Waals surface area contributed by atoms with E-state index in [2.05, 4.69) is 20.6 Å². The van der Waals surface area contributed by atoms with Crippen molar-refractivity contribution < 1.29 is 5.11 Å². The van der Waals surface area contributed by atoms with Crippen LogP contribution in [-0.4, -0.2) is 40.7 Å². The van der Waals surface area contributed by atoms with Crippen LogP contribution in [0.4, 0.5) is 0 Å². The summed E-state index contributed by atoms with van der Waals surface area (Å²) in [6, 6.07) is -0.117. The van der Waals surface area contributed by atoms with Crippen molar-refractivity contribution in [1.29, 1.82) is 0 Å². The molecular weight excluding hydrogens is 232 g/mol. The lowest BCUT2D eigenvalue weighted by Gasteiger charge is -2.41. The van der Waals surface area contributed by atoms with Crippen LogP contribution in [0.25, 0.3) is 0 Å². The van der Waals surface area contributed by atoms with Gasteiger partial charge < -0.3 is 5.11 Å². The number of rotatable bonds is 2. The highest BCUT2D eigenvalue weighted by atomic mass is 16.3. The molecule has 1 fully saturated rings. The maximum Gasteiger partial charge on any atom is 0.104 e. The summed E-state index contributed by atoms with van der Waals surface area (Å²) >= 11 is 0. The highest BCUT2D eigenvalue weighted by molar-refractivity contribution is 4.97. The van der Waals surface area contributed by atoms with Gasteiger partial charge in [0.05, 0.1) is 24.0 Å². The Morgan fingerprint density at radius 1 is 1.17 bits per heavy atom. The topological polar surface area (TPSA) is 81.6 Å². The van der Waals surface area contributed by atoms with Gasteiger partial charge in [-0.1, -0.05) is 10.4 Å². The summed E-state index contributed by atoms with van der Waals surface area (Å²) in [6.07, 6.45) is 9.56. The summed E-state index contributed by atoms with van der Waals surface area (Å²) in [7, 11) is 0. The van der Waals surface area contributed by atoms with Crippen LogP contribution in [-0.2, 0) is 0 Å². The van der Waals surface area contributed by atoms with Crippen molar-refractivity contribution in [2.75, 3.05) is 0 Å². The molecule has 1 aliphatic carbocycles. The molecule has 0 spiro atoms. The number of hydrogen-bond donors (Lipinski definition) is 1. The Bertz CT molecular complexity index is 492. The van der Waals surface area contributed by atoms with E-state index in [9.17, 15) is 5.11 Å². The van der Waals surface area contributed by atoms with Gasteiger partial charge in [-0.15, -0.1) is 10.2 Å². The quantitative estimate of drug-likeness (QED) is 0.841. The Kier molecular flexibility index (Phi) is 2.62.